The summed E-state index contributed by atoms with van der Waals surface area (Å²) < 4.78 is 0. The average molecular weight is 377 g/mol. The van der Waals surface area contributed by atoms with Crippen LogP contribution >= 0.6 is 0 Å². The molecule has 1 fully saturated rings. The average Bonchev–Trinajstić information content (AvgIpc) is 3.16. The molecule has 7 nitrogen and oxygen atoms in total. The van der Waals surface area contributed by atoms with Gasteiger partial charge in [0.2, 0.25) is 0 Å². The van der Waals surface area contributed by atoms with Crippen LogP contribution < -0.4 is 15.5 Å². The maximum absolute atomic E-state index is 5.87. The lowest BCUT2D eigenvalue weighted by molar-refractivity contribution is 0.358. The van der Waals surface area contributed by atoms with Gasteiger partial charge in [0.25, 0.3) is 0 Å². The van der Waals surface area contributed by atoms with Crippen molar-refractivity contribution in [2.45, 2.75) is 45.2 Å². The summed E-state index contributed by atoms with van der Waals surface area (Å²) >= 11 is 0. The van der Waals surface area contributed by atoms with Gasteiger partial charge in [0.05, 0.1) is 29.8 Å². The van der Waals surface area contributed by atoms with Crippen molar-refractivity contribution in [1.29, 1.82) is 0 Å². The van der Waals surface area contributed by atoms with Crippen LogP contribution in [0.4, 0.5) is 11.5 Å². The first-order chi connectivity index (χ1) is 13.7. The number of nitrogens with two attached hydrogens (primary N) is 1. The zero-order valence-corrected chi connectivity index (χ0v) is 16.4. The number of amidine groups is 1. The number of aryl methyl sites for hydroxylation is 1. The minimum Gasteiger partial charge on any atom is -0.353 e. The van der Waals surface area contributed by atoms with Crippen molar-refractivity contribution >= 4 is 17.3 Å². The summed E-state index contributed by atoms with van der Waals surface area (Å²) in [6.07, 6.45) is 8.14. The molecule has 0 bridgehead atoms. The van der Waals surface area contributed by atoms with Gasteiger partial charge in [-0.15, -0.1) is 0 Å². The summed E-state index contributed by atoms with van der Waals surface area (Å²) in [5.41, 5.74) is 10.1. The molecule has 0 aliphatic carbocycles. The molecule has 3 aliphatic rings. The molecule has 0 aromatic carbocycles. The standard InChI is InChI=1S/C21H27N7/c1-14-10-15(11-22)6-9-27(14)19-13-24-20-17(26-19)12-25-21(20)28-8-3-4-16-18(28)5-2-7-23-16/h2,5,7,13-15H,3-4,6,8-12,22H2,1H3/t14-,15-/m1/s1. The van der Waals surface area contributed by atoms with Gasteiger partial charge in [-0.3, -0.25) is 9.98 Å². The van der Waals surface area contributed by atoms with Crippen LogP contribution in [0.1, 0.15) is 43.3 Å². The molecule has 0 saturated carbocycles. The lowest BCUT2D eigenvalue weighted by atomic mass is 9.92. The molecule has 28 heavy (non-hydrogen) atoms. The fourth-order valence-corrected chi connectivity index (χ4v) is 4.73. The lowest BCUT2D eigenvalue weighted by Crippen LogP contribution is -2.43. The third-order valence-corrected chi connectivity index (χ3v) is 6.24. The Morgan fingerprint density at radius 3 is 3.00 bits per heavy atom. The molecule has 7 heteroatoms. The van der Waals surface area contributed by atoms with Crippen molar-refractivity contribution in [1.82, 2.24) is 15.0 Å². The summed E-state index contributed by atoms with van der Waals surface area (Å²) in [5.74, 6) is 2.54. The SMILES string of the molecule is C[C@@H]1C[C@H](CN)CCN1c1cnc2c(n1)CN=C2N1CCCc2ncccc21. The van der Waals surface area contributed by atoms with E-state index in [0.717, 1.165) is 79.7 Å². The second kappa shape index (κ2) is 7.13. The van der Waals surface area contributed by atoms with Gasteiger partial charge in [-0.05, 0) is 57.2 Å². The minimum absolute atomic E-state index is 0.441. The number of pyridine rings is 1. The van der Waals surface area contributed by atoms with Gasteiger partial charge in [-0.2, -0.15) is 0 Å². The highest BCUT2D eigenvalue weighted by Crippen LogP contribution is 2.31. The van der Waals surface area contributed by atoms with Crippen LogP contribution in [-0.2, 0) is 13.0 Å². The number of aromatic nitrogens is 3. The predicted molar refractivity (Wildman–Crippen MR) is 111 cm³/mol. The zero-order chi connectivity index (χ0) is 19.1. The van der Waals surface area contributed by atoms with Crippen molar-refractivity contribution in [3.63, 3.8) is 0 Å². The summed E-state index contributed by atoms with van der Waals surface area (Å²) in [5, 5.41) is 0. The molecule has 0 unspecified atom stereocenters. The Labute approximate surface area is 165 Å². The summed E-state index contributed by atoms with van der Waals surface area (Å²) in [6, 6.07) is 4.57. The number of aliphatic imine (C=N–C) groups is 1. The molecule has 0 radical (unpaired) electrons. The predicted octanol–water partition coefficient (Wildman–Crippen LogP) is 2.15. The second-order valence-corrected chi connectivity index (χ2v) is 8.06. The van der Waals surface area contributed by atoms with Crippen LogP contribution in [0.25, 0.3) is 0 Å². The summed E-state index contributed by atoms with van der Waals surface area (Å²) in [4.78, 5) is 23.8. The molecule has 2 aromatic rings. The monoisotopic (exact) mass is 377 g/mol. The highest BCUT2D eigenvalue weighted by atomic mass is 15.3. The highest BCUT2D eigenvalue weighted by Gasteiger charge is 2.31. The van der Waals surface area contributed by atoms with Crippen LogP contribution in [0, 0.1) is 5.92 Å². The van der Waals surface area contributed by atoms with E-state index < -0.39 is 0 Å². The Kier molecular flexibility index (Phi) is 4.47. The Bertz CT molecular complexity index is 909. The molecule has 2 aromatic heterocycles. The molecule has 146 valence electrons. The molecule has 3 aliphatic heterocycles. The van der Waals surface area contributed by atoms with Gasteiger partial charge in [0.1, 0.15) is 11.5 Å². The van der Waals surface area contributed by atoms with Crippen LogP contribution in [0.3, 0.4) is 0 Å². The third-order valence-electron chi connectivity index (χ3n) is 6.24. The number of rotatable bonds is 2. The van der Waals surface area contributed by atoms with Crippen molar-refractivity contribution in [2.75, 3.05) is 29.4 Å². The van der Waals surface area contributed by atoms with Gasteiger partial charge in [0, 0.05) is 25.3 Å². The van der Waals surface area contributed by atoms with E-state index in [1.54, 1.807) is 0 Å². The number of fused-ring (bicyclic) bond motifs is 2. The van der Waals surface area contributed by atoms with Crippen LogP contribution in [0.15, 0.2) is 29.5 Å². The normalized spacial score (nSPS) is 24.0. The Morgan fingerprint density at radius 2 is 2.14 bits per heavy atom. The Balaban J connectivity index is 1.41. The minimum atomic E-state index is 0.441. The molecule has 0 amide bonds. The fourth-order valence-electron chi connectivity index (χ4n) is 4.73. The van der Waals surface area contributed by atoms with Gasteiger partial charge < -0.3 is 15.5 Å². The lowest BCUT2D eigenvalue weighted by Gasteiger charge is -2.38. The van der Waals surface area contributed by atoms with E-state index in [9.17, 15) is 0 Å². The number of hydrogen-bond acceptors (Lipinski definition) is 7. The van der Waals surface area contributed by atoms with Crippen molar-refractivity contribution in [3.8, 4) is 0 Å². The van der Waals surface area contributed by atoms with Gasteiger partial charge in [0.15, 0.2) is 5.84 Å². The molecule has 2 atom stereocenters. The van der Waals surface area contributed by atoms with Crippen molar-refractivity contribution < 1.29 is 0 Å². The maximum Gasteiger partial charge on any atom is 0.156 e. The quantitative estimate of drug-likeness (QED) is 0.863. The second-order valence-electron chi connectivity index (χ2n) is 8.06. The molecular weight excluding hydrogens is 350 g/mol. The summed E-state index contributed by atoms with van der Waals surface area (Å²) in [7, 11) is 0. The van der Waals surface area contributed by atoms with Crippen molar-refractivity contribution in [2.24, 2.45) is 16.6 Å². The molecule has 1 saturated heterocycles. The number of hydrogen-bond donors (Lipinski definition) is 1. The first kappa shape index (κ1) is 17.6. The third kappa shape index (κ3) is 2.94. The topological polar surface area (TPSA) is 83.5 Å². The van der Waals surface area contributed by atoms with Gasteiger partial charge in [-0.1, -0.05) is 0 Å². The Morgan fingerprint density at radius 1 is 1.21 bits per heavy atom. The van der Waals surface area contributed by atoms with E-state index in [0.29, 0.717) is 18.5 Å². The van der Waals surface area contributed by atoms with Crippen LogP contribution in [-0.4, -0.2) is 46.5 Å². The molecule has 0 spiro atoms. The fraction of sp³-hybridized carbons (Fsp3) is 0.524. The highest BCUT2D eigenvalue weighted by molar-refractivity contribution is 6.11. The first-order valence-electron chi connectivity index (χ1n) is 10.3. The van der Waals surface area contributed by atoms with Gasteiger partial charge >= 0.3 is 0 Å². The maximum atomic E-state index is 5.87. The molecule has 2 N–H and O–H groups in total. The Hall–Kier alpha value is -2.54. The van der Waals surface area contributed by atoms with E-state index in [1.165, 1.54) is 0 Å². The number of nitrogens with zero attached hydrogens (tertiary/aromatic N) is 6. The van der Waals surface area contributed by atoms with Crippen LogP contribution in [0.2, 0.25) is 0 Å². The van der Waals surface area contributed by atoms with E-state index in [1.807, 2.05) is 18.5 Å². The van der Waals surface area contributed by atoms with Crippen molar-refractivity contribution in [3.05, 3.63) is 41.6 Å². The largest absolute Gasteiger partial charge is 0.353 e. The van der Waals surface area contributed by atoms with E-state index in [2.05, 4.69) is 27.8 Å². The molecule has 5 rings (SSSR count). The zero-order valence-electron chi connectivity index (χ0n) is 16.4. The van der Waals surface area contributed by atoms with Gasteiger partial charge in [-0.25, -0.2) is 9.97 Å². The number of piperidine rings is 1. The first-order valence-corrected chi connectivity index (χ1v) is 10.3. The molecule has 5 heterocycles. The van der Waals surface area contributed by atoms with E-state index >= 15 is 0 Å². The number of anilines is 2. The summed E-state index contributed by atoms with van der Waals surface area (Å²) in [6.45, 7) is 5.58. The van der Waals surface area contributed by atoms with E-state index in [4.69, 9.17) is 20.7 Å². The smallest absolute Gasteiger partial charge is 0.156 e. The molecular formula is C21H27N7. The van der Waals surface area contributed by atoms with E-state index in [-0.39, 0.29) is 0 Å². The van der Waals surface area contributed by atoms with Crippen LogP contribution in [0.5, 0.6) is 0 Å².